The molecule has 3 unspecified atom stereocenters. The van der Waals surface area contributed by atoms with E-state index in [-0.39, 0.29) is 16.8 Å². The van der Waals surface area contributed by atoms with Crippen LogP contribution in [-0.2, 0) is 4.79 Å². The van der Waals surface area contributed by atoms with E-state index in [1.807, 2.05) is 0 Å². The van der Waals surface area contributed by atoms with Gasteiger partial charge in [-0.15, -0.1) is 0 Å². The van der Waals surface area contributed by atoms with Crippen LogP contribution in [0.2, 0.25) is 0 Å². The van der Waals surface area contributed by atoms with Crippen molar-refractivity contribution in [1.29, 1.82) is 0 Å². The Morgan fingerprint density at radius 1 is 1.62 bits per heavy atom. The molecule has 74 valence electrons. The van der Waals surface area contributed by atoms with Gasteiger partial charge in [0.15, 0.2) is 0 Å². The van der Waals surface area contributed by atoms with E-state index >= 15 is 0 Å². The first-order valence-corrected chi connectivity index (χ1v) is 5.03. The van der Waals surface area contributed by atoms with E-state index < -0.39 is 0 Å². The fraction of sp³-hybridized carbons (Fsp3) is 0.778. The standard InChI is InChI=1S/C9H16N2OS/c1-5-3-4-7(5)11-9(12)6(2)8(10)13/h5-7H,3-4H2,1-2H3,(H2,10,13)(H,11,12). The number of carbonyl (C=O) groups is 1. The maximum absolute atomic E-state index is 11.5. The molecule has 3 nitrogen and oxygen atoms in total. The topological polar surface area (TPSA) is 55.1 Å². The highest BCUT2D eigenvalue weighted by Crippen LogP contribution is 2.26. The summed E-state index contributed by atoms with van der Waals surface area (Å²) < 4.78 is 0. The fourth-order valence-corrected chi connectivity index (χ4v) is 1.43. The van der Waals surface area contributed by atoms with Crippen molar-refractivity contribution in [2.24, 2.45) is 17.6 Å². The number of amides is 1. The van der Waals surface area contributed by atoms with Crippen molar-refractivity contribution < 1.29 is 4.79 Å². The van der Waals surface area contributed by atoms with Crippen molar-refractivity contribution in [3.05, 3.63) is 0 Å². The van der Waals surface area contributed by atoms with Crippen molar-refractivity contribution in [3.8, 4) is 0 Å². The molecule has 0 bridgehead atoms. The largest absolute Gasteiger partial charge is 0.393 e. The zero-order valence-electron chi connectivity index (χ0n) is 8.04. The molecular weight excluding hydrogens is 184 g/mol. The number of hydrogen-bond acceptors (Lipinski definition) is 2. The summed E-state index contributed by atoms with van der Waals surface area (Å²) in [5.41, 5.74) is 5.38. The first-order chi connectivity index (χ1) is 6.02. The smallest absolute Gasteiger partial charge is 0.229 e. The van der Waals surface area contributed by atoms with Crippen LogP contribution in [-0.4, -0.2) is 16.9 Å². The van der Waals surface area contributed by atoms with Gasteiger partial charge in [-0.3, -0.25) is 4.79 Å². The minimum Gasteiger partial charge on any atom is -0.393 e. The number of nitrogens with two attached hydrogens (primary N) is 1. The zero-order chi connectivity index (χ0) is 10.0. The van der Waals surface area contributed by atoms with Gasteiger partial charge in [-0.1, -0.05) is 19.1 Å². The zero-order valence-corrected chi connectivity index (χ0v) is 8.86. The molecule has 0 saturated heterocycles. The van der Waals surface area contributed by atoms with Crippen LogP contribution in [0.25, 0.3) is 0 Å². The molecule has 0 aliphatic heterocycles. The Labute approximate surface area is 84.1 Å². The molecule has 1 saturated carbocycles. The fourth-order valence-electron chi connectivity index (χ4n) is 1.32. The number of hydrogen-bond donors (Lipinski definition) is 2. The summed E-state index contributed by atoms with van der Waals surface area (Å²) in [6.07, 6.45) is 2.28. The molecular formula is C9H16N2OS. The number of thiocarbonyl (C=S) groups is 1. The van der Waals surface area contributed by atoms with Gasteiger partial charge in [0.1, 0.15) is 0 Å². The Morgan fingerprint density at radius 3 is 2.54 bits per heavy atom. The van der Waals surface area contributed by atoms with E-state index in [2.05, 4.69) is 12.2 Å². The summed E-state index contributed by atoms with van der Waals surface area (Å²) in [5.74, 6) is 0.217. The number of nitrogens with one attached hydrogen (secondary N) is 1. The Balaban J connectivity index is 2.36. The molecule has 3 N–H and O–H groups in total. The van der Waals surface area contributed by atoms with Gasteiger partial charge in [0, 0.05) is 6.04 Å². The predicted molar refractivity (Wildman–Crippen MR) is 56.3 cm³/mol. The Morgan fingerprint density at radius 2 is 2.23 bits per heavy atom. The van der Waals surface area contributed by atoms with Gasteiger partial charge >= 0.3 is 0 Å². The minimum absolute atomic E-state index is 0.0379. The predicted octanol–water partition coefficient (Wildman–Crippen LogP) is 0.823. The molecule has 13 heavy (non-hydrogen) atoms. The van der Waals surface area contributed by atoms with Gasteiger partial charge in [-0.2, -0.15) is 0 Å². The lowest BCUT2D eigenvalue weighted by molar-refractivity contribution is -0.124. The van der Waals surface area contributed by atoms with E-state index in [1.54, 1.807) is 6.92 Å². The molecule has 1 aliphatic rings. The molecule has 0 radical (unpaired) electrons. The maximum atomic E-state index is 11.5. The summed E-state index contributed by atoms with van der Waals surface area (Å²) >= 11 is 4.75. The second-order valence-electron chi connectivity index (χ2n) is 3.79. The molecule has 1 amide bonds. The summed E-state index contributed by atoms with van der Waals surface area (Å²) in [7, 11) is 0. The molecule has 0 aromatic rings. The first-order valence-electron chi connectivity index (χ1n) is 4.62. The molecule has 3 atom stereocenters. The average molecular weight is 200 g/mol. The highest BCUT2D eigenvalue weighted by Gasteiger charge is 2.29. The monoisotopic (exact) mass is 200 g/mol. The Hall–Kier alpha value is -0.640. The lowest BCUT2D eigenvalue weighted by atomic mass is 9.81. The summed E-state index contributed by atoms with van der Waals surface area (Å²) in [6.45, 7) is 3.88. The van der Waals surface area contributed by atoms with E-state index in [0.717, 1.165) is 6.42 Å². The van der Waals surface area contributed by atoms with Gasteiger partial charge in [-0.05, 0) is 25.7 Å². The van der Waals surface area contributed by atoms with Gasteiger partial charge in [0.2, 0.25) is 5.91 Å². The van der Waals surface area contributed by atoms with Crippen LogP contribution in [0.1, 0.15) is 26.7 Å². The average Bonchev–Trinajstić information content (AvgIpc) is 2.09. The summed E-state index contributed by atoms with van der Waals surface area (Å²) in [6, 6.07) is 0.337. The highest BCUT2D eigenvalue weighted by atomic mass is 32.1. The van der Waals surface area contributed by atoms with Crippen LogP contribution in [0.15, 0.2) is 0 Å². The molecule has 0 spiro atoms. The van der Waals surface area contributed by atoms with Gasteiger partial charge < -0.3 is 11.1 Å². The van der Waals surface area contributed by atoms with E-state index in [9.17, 15) is 4.79 Å². The van der Waals surface area contributed by atoms with Gasteiger partial charge in [0.25, 0.3) is 0 Å². The van der Waals surface area contributed by atoms with Crippen LogP contribution in [0.3, 0.4) is 0 Å². The molecule has 0 aromatic heterocycles. The van der Waals surface area contributed by atoms with E-state index in [4.69, 9.17) is 18.0 Å². The molecule has 4 heteroatoms. The van der Waals surface area contributed by atoms with Crippen LogP contribution in [0, 0.1) is 11.8 Å². The summed E-state index contributed by atoms with van der Waals surface area (Å²) in [4.78, 5) is 11.7. The number of carbonyl (C=O) groups excluding carboxylic acids is 1. The van der Waals surface area contributed by atoms with Crippen molar-refractivity contribution in [1.82, 2.24) is 5.32 Å². The van der Waals surface area contributed by atoms with Crippen LogP contribution in [0.4, 0.5) is 0 Å². The van der Waals surface area contributed by atoms with Crippen molar-refractivity contribution in [3.63, 3.8) is 0 Å². The minimum atomic E-state index is -0.345. The lowest BCUT2D eigenvalue weighted by Gasteiger charge is -2.35. The molecule has 1 aliphatic carbocycles. The van der Waals surface area contributed by atoms with Gasteiger partial charge in [-0.25, -0.2) is 0 Å². The summed E-state index contributed by atoms with van der Waals surface area (Å²) in [5, 5.41) is 2.94. The Bertz CT molecular complexity index is 230. The second kappa shape index (κ2) is 4.05. The highest BCUT2D eigenvalue weighted by molar-refractivity contribution is 7.80. The van der Waals surface area contributed by atoms with Crippen LogP contribution < -0.4 is 11.1 Å². The third-order valence-corrected chi connectivity index (χ3v) is 3.12. The Kier molecular flexibility index (Phi) is 3.25. The van der Waals surface area contributed by atoms with Crippen molar-refractivity contribution >= 4 is 23.1 Å². The molecule has 0 heterocycles. The van der Waals surface area contributed by atoms with Crippen molar-refractivity contribution in [2.75, 3.05) is 0 Å². The SMILES string of the molecule is CC(C(=O)NC1CCC1C)C(N)=S. The normalized spacial score (nSPS) is 28.8. The van der Waals surface area contributed by atoms with E-state index in [1.165, 1.54) is 6.42 Å². The lowest BCUT2D eigenvalue weighted by Crippen LogP contribution is -2.48. The third-order valence-electron chi connectivity index (χ3n) is 2.77. The van der Waals surface area contributed by atoms with E-state index in [0.29, 0.717) is 12.0 Å². The van der Waals surface area contributed by atoms with Crippen molar-refractivity contribution in [2.45, 2.75) is 32.7 Å². The second-order valence-corrected chi connectivity index (χ2v) is 4.27. The maximum Gasteiger partial charge on any atom is 0.229 e. The quantitative estimate of drug-likeness (QED) is 0.663. The van der Waals surface area contributed by atoms with Crippen LogP contribution >= 0.6 is 12.2 Å². The third kappa shape index (κ3) is 2.40. The molecule has 1 rings (SSSR count). The van der Waals surface area contributed by atoms with Gasteiger partial charge in [0.05, 0.1) is 10.9 Å². The first kappa shape index (κ1) is 10.4. The van der Waals surface area contributed by atoms with Crippen LogP contribution in [0.5, 0.6) is 0 Å². The molecule has 1 fully saturated rings. The number of rotatable bonds is 3. The molecule has 0 aromatic carbocycles.